The molecule has 1 aliphatic carbocycles. The molecule has 1 fully saturated rings. The number of halogens is 2. The minimum atomic E-state index is -0.714. The number of hydrogen-bond acceptors (Lipinski definition) is 1. The number of carbonyl (C=O) groups is 1. The molecular weight excluding hydrogens is 267 g/mol. The summed E-state index contributed by atoms with van der Waals surface area (Å²) in [5.41, 5.74) is 1.02. The van der Waals surface area contributed by atoms with Crippen molar-refractivity contribution in [3.05, 3.63) is 33.3 Å². The Morgan fingerprint density at radius 3 is 2.79 bits per heavy atom. The van der Waals surface area contributed by atoms with E-state index in [1.165, 1.54) is 0 Å². The second-order valence-electron chi connectivity index (χ2n) is 3.46. The standard InChI is InChI=1S/C10H8BrClO2/c11-8-2-1-5(3-9(8)12)6-4-7(6)10(13)14/h1-3,6-7H,4H2,(H,13,14)/t6-,7+/m0/s1. The zero-order chi connectivity index (χ0) is 10.3. The predicted molar refractivity (Wildman–Crippen MR) is 57.6 cm³/mol. The van der Waals surface area contributed by atoms with E-state index in [0.717, 1.165) is 16.5 Å². The maximum atomic E-state index is 10.7. The van der Waals surface area contributed by atoms with Gasteiger partial charge in [0.15, 0.2) is 0 Å². The third kappa shape index (κ3) is 1.79. The fourth-order valence-corrected chi connectivity index (χ4v) is 2.01. The van der Waals surface area contributed by atoms with Crippen molar-refractivity contribution >= 4 is 33.5 Å². The van der Waals surface area contributed by atoms with Crippen molar-refractivity contribution in [1.29, 1.82) is 0 Å². The normalized spacial score (nSPS) is 24.7. The molecule has 2 rings (SSSR count). The third-order valence-electron chi connectivity index (χ3n) is 2.48. The van der Waals surface area contributed by atoms with Crippen LogP contribution in [0.25, 0.3) is 0 Å². The van der Waals surface area contributed by atoms with Crippen LogP contribution in [0.1, 0.15) is 17.9 Å². The molecule has 0 aliphatic heterocycles. The molecule has 0 radical (unpaired) electrons. The van der Waals surface area contributed by atoms with Gasteiger partial charge in [0.25, 0.3) is 0 Å². The summed E-state index contributed by atoms with van der Waals surface area (Å²) in [4.78, 5) is 10.7. The first-order chi connectivity index (χ1) is 6.59. The lowest BCUT2D eigenvalue weighted by Gasteiger charge is -2.01. The molecule has 0 aromatic heterocycles. The van der Waals surface area contributed by atoms with Gasteiger partial charge in [-0.3, -0.25) is 4.79 Å². The predicted octanol–water partition coefficient (Wildman–Crippen LogP) is 3.29. The van der Waals surface area contributed by atoms with Gasteiger partial charge in [0.05, 0.1) is 10.9 Å². The van der Waals surface area contributed by atoms with Gasteiger partial charge in [-0.1, -0.05) is 17.7 Å². The largest absolute Gasteiger partial charge is 0.481 e. The molecular formula is C10H8BrClO2. The highest BCUT2D eigenvalue weighted by molar-refractivity contribution is 9.10. The molecule has 0 saturated heterocycles. The summed E-state index contributed by atoms with van der Waals surface area (Å²) in [7, 11) is 0. The van der Waals surface area contributed by atoms with E-state index in [1.807, 2.05) is 18.2 Å². The highest BCUT2D eigenvalue weighted by Crippen LogP contribution is 2.48. The third-order valence-corrected chi connectivity index (χ3v) is 3.71. The molecule has 1 N–H and O–H groups in total. The number of rotatable bonds is 2. The Kier molecular flexibility index (Phi) is 2.54. The van der Waals surface area contributed by atoms with Gasteiger partial charge in [0.1, 0.15) is 0 Å². The molecule has 1 saturated carbocycles. The van der Waals surface area contributed by atoms with Gasteiger partial charge in [-0.25, -0.2) is 0 Å². The quantitative estimate of drug-likeness (QED) is 0.899. The van der Waals surface area contributed by atoms with Gasteiger partial charge >= 0.3 is 5.97 Å². The summed E-state index contributed by atoms with van der Waals surface area (Å²) in [6.45, 7) is 0. The molecule has 4 heteroatoms. The summed E-state index contributed by atoms with van der Waals surface area (Å²) in [5.74, 6) is -0.778. The Morgan fingerprint density at radius 1 is 1.57 bits per heavy atom. The van der Waals surface area contributed by atoms with Crippen LogP contribution < -0.4 is 0 Å². The van der Waals surface area contributed by atoms with Crippen molar-refractivity contribution in [1.82, 2.24) is 0 Å². The lowest BCUT2D eigenvalue weighted by Crippen LogP contribution is -1.98. The van der Waals surface area contributed by atoms with E-state index in [1.54, 1.807) is 0 Å². The summed E-state index contributed by atoms with van der Waals surface area (Å²) in [6.07, 6.45) is 0.729. The molecule has 0 bridgehead atoms. The minimum absolute atomic E-state index is 0.151. The van der Waals surface area contributed by atoms with Gasteiger partial charge in [-0.05, 0) is 46.0 Å². The van der Waals surface area contributed by atoms with Crippen molar-refractivity contribution < 1.29 is 9.90 Å². The van der Waals surface area contributed by atoms with Crippen LogP contribution in [0, 0.1) is 5.92 Å². The van der Waals surface area contributed by atoms with E-state index in [-0.39, 0.29) is 11.8 Å². The highest BCUT2D eigenvalue weighted by atomic mass is 79.9. The van der Waals surface area contributed by atoms with E-state index in [9.17, 15) is 4.79 Å². The Balaban J connectivity index is 2.20. The Hall–Kier alpha value is -0.540. The maximum absolute atomic E-state index is 10.7. The van der Waals surface area contributed by atoms with Crippen LogP contribution in [0.2, 0.25) is 5.02 Å². The first-order valence-corrected chi connectivity index (χ1v) is 5.44. The zero-order valence-corrected chi connectivity index (χ0v) is 9.55. The maximum Gasteiger partial charge on any atom is 0.307 e. The van der Waals surface area contributed by atoms with Crippen LogP contribution in [0.3, 0.4) is 0 Å². The molecule has 2 nitrogen and oxygen atoms in total. The summed E-state index contributed by atoms with van der Waals surface area (Å²) in [5, 5.41) is 9.40. The van der Waals surface area contributed by atoms with Crippen molar-refractivity contribution in [3.63, 3.8) is 0 Å². The van der Waals surface area contributed by atoms with Crippen molar-refractivity contribution in [2.45, 2.75) is 12.3 Å². The van der Waals surface area contributed by atoms with Gasteiger partial charge in [-0.15, -0.1) is 0 Å². The van der Waals surface area contributed by atoms with Crippen LogP contribution in [-0.2, 0) is 4.79 Å². The highest BCUT2D eigenvalue weighted by Gasteiger charge is 2.44. The van der Waals surface area contributed by atoms with E-state index < -0.39 is 5.97 Å². The monoisotopic (exact) mass is 274 g/mol. The molecule has 2 atom stereocenters. The molecule has 74 valence electrons. The van der Waals surface area contributed by atoms with Crippen molar-refractivity contribution in [2.75, 3.05) is 0 Å². The summed E-state index contributed by atoms with van der Waals surface area (Å²) >= 11 is 9.21. The zero-order valence-electron chi connectivity index (χ0n) is 7.21. The van der Waals surface area contributed by atoms with Crippen molar-refractivity contribution in [3.8, 4) is 0 Å². The van der Waals surface area contributed by atoms with Crippen LogP contribution in [0.15, 0.2) is 22.7 Å². The molecule has 1 aromatic rings. The topological polar surface area (TPSA) is 37.3 Å². The molecule has 1 aromatic carbocycles. The van der Waals surface area contributed by atoms with E-state index in [4.69, 9.17) is 16.7 Å². The molecule has 0 amide bonds. The molecule has 14 heavy (non-hydrogen) atoms. The molecule has 0 spiro atoms. The fraction of sp³-hybridized carbons (Fsp3) is 0.300. The number of carboxylic acids is 1. The Bertz CT molecular complexity index is 392. The van der Waals surface area contributed by atoms with Crippen molar-refractivity contribution in [2.24, 2.45) is 5.92 Å². The number of aliphatic carboxylic acids is 1. The average molecular weight is 276 g/mol. The van der Waals surface area contributed by atoms with E-state index >= 15 is 0 Å². The van der Waals surface area contributed by atoms with Crippen LogP contribution in [0.4, 0.5) is 0 Å². The van der Waals surface area contributed by atoms with E-state index in [2.05, 4.69) is 15.9 Å². The summed E-state index contributed by atoms with van der Waals surface area (Å²) < 4.78 is 0.843. The summed E-state index contributed by atoms with van der Waals surface area (Å²) in [6, 6.07) is 5.61. The van der Waals surface area contributed by atoms with Crippen LogP contribution >= 0.6 is 27.5 Å². The van der Waals surface area contributed by atoms with Crippen LogP contribution in [-0.4, -0.2) is 11.1 Å². The Labute approximate surface area is 95.0 Å². The van der Waals surface area contributed by atoms with Gasteiger partial charge in [-0.2, -0.15) is 0 Å². The number of hydrogen-bond donors (Lipinski definition) is 1. The molecule has 0 heterocycles. The first kappa shape index (κ1) is 9.99. The Morgan fingerprint density at radius 2 is 2.29 bits per heavy atom. The van der Waals surface area contributed by atoms with Gasteiger partial charge in [0.2, 0.25) is 0 Å². The lowest BCUT2D eigenvalue weighted by atomic mass is 10.1. The number of benzene rings is 1. The SMILES string of the molecule is O=C(O)[C@@H]1C[C@H]1c1ccc(Br)c(Cl)c1. The second kappa shape index (κ2) is 3.55. The van der Waals surface area contributed by atoms with Crippen LogP contribution in [0.5, 0.6) is 0 Å². The van der Waals surface area contributed by atoms with E-state index in [0.29, 0.717) is 5.02 Å². The lowest BCUT2D eigenvalue weighted by molar-refractivity contribution is -0.138. The first-order valence-electron chi connectivity index (χ1n) is 4.27. The number of carboxylic acid groups (broad SMARTS) is 1. The molecule has 0 unspecified atom stereocenters. The average Bonchev–Trinajstić information content (AvgIpc) is 2.89. The van der Waals surface area contributed by atoms with Gasteiger partial charge < -0.3 is 5.11 Å². The second-order valence-corrected chi connectivity index (χ2v) is 4.72. The smallest absolute Gasteiger partial charge is 0.307 e. The fourth-order valence-electron chi connectivity index (χ4n) is 1.58. The van der Waals surface area contributed by atoms with Gasteiger partial charge in [0, 0.05) is 4.47 Å². The minimum Gasteiger partial charge on any atom is -0.481 e. The molecule has 1 aliphatic rings.